The van der Waals surface area contributed by atoms with Crippen LogP contribution in [0.15, 0.2) is 36.4 Å². The van der Waals surface area contributed by atoms with Crippen molar-refractivity contribution in [3.63, 3.8) is 0 Å². The van der Waals surface area contributed by atoms with Crippen LogP contribution in [-0.2, 0) is 29.1 Å². The first kappa shape index (κ1) is 21.5. The van der Waals surface area contributed by atoms with Gasteiger partial charge < -0.3 is 14.4 Å². The molecule has 172 valence electrons. The van der Waals surface area contributed by atoms with Crippen molar-refractivity contribution < 1.29 is 18.7 Å². The lowest BCUT2D eigenvalue weighted by molar-refractivity contribution is -0.142. The van der Waals surface area contributed by atoms with Gasteiger partial charge in [-0.25, -0.2) is 14.1 Å². The Kier molecular flexibility index (Phi) is 5.57. The minimum atomic E-state index is -0.423. The molecule has 0 bridgehead atoms. The maximum Gasteiger partial charge on any atom is 0.231 e. The highest BCUT2D eigenvalue weighted by atomic mass is 19.1. The number of hydrogen-bond acceptors (Lipinski definition) is 6. The van der Waals surface area contributed by atoms with Crippen molar-refractivity contribution in [1.82, 2.24) is 24.9 Å². The third-order valence-corrected chi connectivity index (χ3v) is 6.43. The lowest BCUT2D eigenvalue weighted by Gasteiger charge is -2.34. The van der Waals surface area contributed by atoms with E-state index >= 15 is 0 Å². The third kappa shape index (κ3) is 4.20. The van der Waals surface area contributed by atoms with E-state index < -0.39 is 5.41 Å². The summed E-state index contributed by atoms with van der Waals surface area (Å²) in [5.41, 5.74) is 3.78. The third-order valence-electron chi connectivity index (χ3n) is 6.43. The molecule has 0 saturated carbocycles. The standard InChI is InChI=1S/C24H26FN5O3/c1-16-21(30(28-27-16)19-6-4-18(25)5-7-19)14-33-22-8-3-17-13-29(11-9-20(17)26-22)23(31)24(2)10-12-32-15-24/h3-8H,9-15H2,1-2H3. The highest BCUT2D eigenvalue weighted by molar-refractivity contribution is 5.83. The molecule has 0 aliphatic carbocycles. The lowest BCUT2D eigenvalue weighted by atomic mass is 9.87. The molecule has 2 aliphatic heterocycles. The van der Waals surface area contributed by atoms with Crippen LogP contribution in [0.5, 0.6) is 5.88 Å². The fourth-order valence-electron chi connectivity index (χ4n) is 4.34. The van der Waals surface area contributed by atoms with Crippen molar-refractivity contribution in [3.8, 4) is 11.6 Å². The summed E-state index contributed by atoms with van der Waals surface area (Å²) in [6.45, 7) is 6.39. The predicted octanol–water partition coefficient (Wildman–Crippen LogP) is 3.00. The van der Waals surface area contributed by atoms with Gasteiger partial charge in [0.05, 0.1) is 29.1 Å². The van der Waals surface area contributed by atoms with Gasteiger partial charge in [0.2, 0.25) is 11.8 Å². The van der Waals surface area contributed by atoms with Crippen molar-refractivity contribution >= 4 is 5.91 Å². The van der Waals surface area contributed by atoms with Gasteiger partial charge in [0.15, 0.2) is 0 Å². The second-order valence-corrected chi connectivity index (χ2v) is 8.89. The van der Waals surface area contributed by atoms with E-state index in [2.05, 4.69) is 15.3 Å². The Balaban J connectivity index is 1.28. The van der Waals surface area contributed by atoms with Crippen LogP contribution in [0.1, 0.15) is 36.0 Å². The van der Waals surface area contributed by atoms with Gasteiger partial charge in [-0.1, -0.05) is 11.3 Å². The molecule has 4 heterocycles. The zero-order valence-corrected chi connectivity index (χ0v) is 18.8. The minimum absolute atomic E-state index is 0.156. The second-order valence-electron chi connectivity index (χ2n) is 8.89. The van der Waals surface area contributed by atoms with Gasteiger partial charge in [-0.15, -0.1) is 5.10 Å². The fourth-order valence-corrected chi connectivity index (χ4v) is 4.34. The quantitative estimate of drug-likeness (QED) is 0.593. The summed E-state index contributed by atoms with van der Waals surface area (Å²) in [6, 6.07) is 9.87. The van der Waals surface area contributed by atoms with Gasteiger partial charge in [0.1, 0.15) is 18.1 Å². The first-order valence-corrected chi connectivity index (χ1v) is 11.1. The van der Waals surface area contributed by atoms with Crippen LogP contribution in [0.4, 0.5) is 4.39 Å². The number of halogens is 1. The van der Waals surface area contributed by atoms with Crippen LogP contribution in [0.25, 0.3) is 5.69 Å². The molecule has 33 heavy (non-hydrogen) atoms. The Labute approximate surface area is 191 Å². The van der Waals surface area contributed by atoms with Crippen molar-refractivity contribution in [1.29, 1.82) is 0 Å². The molecule has 1 unspecified atom stereocenters. The number of amides is 1. The van der Waals surface area contributed by atoms with Crippen molar-refractivity contribution in [3.05, 3.63) is 64.9 Å². The molecule has 9 heteroatoms. The van der Waals surface area contributed by atoms with E-state index in [-0.39, 0.29) is 18.3 Å². The van der Waals surface area contributed by atoms with Gasteiger partial charge in [-0.3, -0.25) is 4.79 Å². The molecule has 5 rings (SSSR count). The average molecular weight is 452 g/mol. The Morgan fingerprint density at radius 1 is 1.24 bits per heavy atom. The normalized spacial score (nSPS) is 20.0. The molecular weight excluding hydrogens is 425 g/mol. The average Bonchev–Trinajstić information content (AvgIpc) is 3.43. The van der Waals surface area contributed by atoms with E-state index in [4.69, 9.17) is 9.47 Å². The monoisotopic (exact) mass is 451 g/mol. The SMILES string of the molecule is Cc1nnn(-c2ccc(F)cc2)c1COc1ccc2c(n1)CCN(C(=O)C1(C)CCOC1)C2. The zero-order chi connectivity index (χ0) is 23.0. The van der Waals surface area contributed by atoms with Crippen molar-refractivity contribution in [2.24, 2.45) is 5.41 Å². The number of carbonyl (C=O) groups is 1. The predicted molar refractivity (Wildman–Crippen MR) is 117 cm³/mol. The van der Waals surface area contributed by atoms with Crippen LogP contribution < -0.4 is 4.74 Å². The Bertz CT molecular complexity index is 1170. The number of ether oxygens (including phenoxy) is 2. The number of carbonyl (C=O) groups excluding carboxylic acids is 1. The number of nitrogens with zero attached hydrogens (tertiary/aromatic N) is 5. The molecule has 1 atom stereocenters. The maximum atomic E-state index is 13.3. The Morgan fingerprint density at radius 2 is 2.06 bits per heavy atom. The molecule has 1 fully saturated rings. The summed E-state index contributed by atoms with van der Waals surface area (Å²) in [6.07, 6.45) is 1.45. The molecule has 0 spiro atoms. The van der Waals surface area contributed by atoms with Crippen LogP contribution in [0, 0.1) is 18.2 Å². The van der Waals surface area contributed by atoms with Gasteiger partial charge in [-0.2, -0.15) is 0 Å². The smallest absolute Gasteiger partial charge is 0.231 e. The van der Waals surface area contributed by atoms with Crippen LogP contribution in [-0.4, -0.2) is 50.5 Å². The van der Waals surface area contributed by atoms with E-state index in [0.717, 1.165) is 29.1 Å². The molecule has 8 nitrogen and oxygen atoms in total. The van der Waals surface area contributed by atoms with Gasteiger partial charge in [-0.05, 0) is 50.1 Å². The summed E-state index contributed by atoms with van der Waals surface area (Å²) in [4.78, 5) is 19.6. The number of aromatic nitrogens is 4. The lowest BCUT2D eigenvalue weighted by Crippen LogP contribution is -2.45. The highest BCUT2D eigenvalue weighted by Gasteiger charge is 2.41. The second kappa shape index (κ2) is 8.55. The van der Waals surface area contributed by atoms with Gasteiger partial charge >= 0.3 is 0 Å². The maximum absolute atomic E-state index is 13.3. The van der Waals surface area contributed by atoms with Crippen molar-refractivity contribution in [2.75, 3.05) is 19.8 Å². The molecule has 0 N–H and O–H groups in total. The summed E-state index contributed by atoms with van der Waals surface area (Å²) in [5.74, 6) is 0.358. The molecule has 1 aromatic carbocycles. The van der Waals surface area contributed by atoms with E-state index in [1.165, 1.54) is 12.1 Å². The van der Waals surface area contributed by atoms with Crippen LogP contribution in [0.3, 0.4) is 0 Å². The number of aryl methyl sites for hydroxylation is 1. The molecule has 0 radical (unpaired) electrons. The zero-order valence-electron chi connectivity index (χ0n) is 18.8. The van der Waals surface area contributed by atoms with E-state index in [0.29, 0.717) is 44.3 Å². The first-order chi connectivity index (χ1) is 15.9. The Hall–Kier alpha value is -3.33. The fraction of sp³-hybridized carbons (Fsp3) is 0.417. The van der Waals surface area contributed by atoms with Gasteiger partial charge in [0, 0.05) is 32.2 Å². The summed E-state index contributed by atoms with van der Waals surface area (Å²) in [7, 11) is 0. The van der Waals surface area contributed by atoms with Crippen LogP contribution in [0.2, 0.25) is 0 Å². The molecule has 2 aromatic heterocycles. The van der Waals surface area contributed by atoms with Crippen molar-refractivity contribution in [2.45, 2.75) is 39.8 Å². The van der Waals surface area contributed by atoms with E-state index in [9.17, 15) is 9.18 Å². The number of benzene rings is 1. The molecule has 2 aliphatic rings. The topological polar surface area (TPSA) is 82.4 Å². The van der Waals surface area contributed by atoms with E-state index in [1.54, 1.807) is 16.8 Å². The number of pyridine rings is 1. The summed E-state index contributed by atoms with van der Waals surface area (Å²) < 4.78 is 26.4. The van der Waals surface area contributed by atoms with E-state index in [1.807, 2.05) is 30.9 Å². The highest BCUT2D eigenvalue weighted by Crippen LogP contribution is 2.32. The van der Waals surface area contributed by atoms with Gasteiger partial charge in [0.25, 0.3) is 0 Å². The first-order valence-electron chi connectivity index (χ1n) is 11.1. The molecule has 1 amide bonds. The number of fused-ring (bicyclic) bond motifs is 1. The number of hydrogen-bond donors (Lipinski definition) is 0. The Morgan fingerprint density at radius 3 is 2.82 bits per heavy atom. The largest absolute Gasteiger partial charge is 0.471 e. The molecule has 3 aromatic rings. The van der Waals surface area contributed by atoms with Crippen LogP contribution >= 0.6 is 0 Å². The summed E-state index contributed by atoms with van der Waals surface area (Å²) >= 11 is 0. The minimum Gasteiger partial charge on any atom is -0.471 e. The number of rotatable bonds is 5. The summed E-state index contributed by atoms with van der Waals surface area (Å²) in [5, 5.41) is 8.29. The molecular formula is C24H26FN5O3. The molecule has 1 saturated heterocycles.